The number of halogens is 1. The van der Waals surface area contributed by atoms with Gasteiger partial charge in [0, 0.05) is 22.7 Å². The fourth-order valence-electron chi connectivity index (χ4n) is 1.63. The lowest BCUT2D eigenvalue weighted by Gasteiger charge is -2.08. The van der Waals surface area contributed by atoms with E-state index in [4.69, 9.17) is 4.74 Å². The lowest BCUT2D eigenvalue weighted by atomic mass is 10.2. The first-order chi connectivity index (χ1) is 8.95. The molecule has 0 aliphatic heterocycles. The molecule has 98 valence electrons. The molecule has 19 heavy (non-hydrogen) atoms. The van der Waals surface area contributed by atoms with Crippen LogP contribution < -0.4 is 4.74 Å². The molecule has 0 aromatic heterocycles. The molecule has 1 N–H and O–H groups in total. The minimum absolute atomic E-state index is 0.0487. The van der Waals surface area contributed by atoms with E-state index in [0.29, 0.717) is 10.2 Å². The Morgan fingerprint density at radius 2 is 2.00 bits per heavy atom. The average Bonchev–Trinajstić information content (AvgIpc) is 2.26. The molecule has 2 aromatic rings. The van der Waals surface area contributed by atoms with Gasteiger partial charge in [0.2, 0.25) is 5.75 Å². The topological polar surface area (TPSA) is 72.6 Å². The van der Waals surface area contributed by atoms with Gasteiger partial charge in [0.25, 0.3) is 0 Å². The number of phenolic OH excluding ortho intramolecular Hbond substituents is 1. The third-order valence-corrected chi connectivity index (χ3v) is 2.88. The van der Waals surface area contributed by atoms with Crippen molar-refractivity contribution in [1.29, 1.82) is 0 Å². The summed E-state index contributed by atoms with van der Waals surface area (Å²) in [5.74, 6) is 0.510. The van der Waals surface area contributed by atoms with Gasteiger partial charge in [-0.05, 0) is 30.7 Å². The van der Waals surface area contributed by atoms with Crippen molar-refractivity contribution in [3.8, 4) is 17.2 Å². The van der Waals surface area contributed by atoms with Gasteiger partial charge >= 0.3 is 5.69 Å². The monoisotopic (exact) mass is 323 g/mol. The zero-order valence-electron chi connectivity index (χ0n) is 9.96. The van der Waals surface area contributed by atoms with Crippen molar-refractivity contribution in [1.82, 2.24) is 0 Å². The Labute approximate surface area is 117 Å². The highest BCUT2D eigenvalue weighted by atomic mass is 79.9. The van der Waals surface area contributed by atoms with E-state index < -0.39 is 4.92 Å². The SMILES string of the molecule is Cc1cc(O)cc(Oc2cc(Br)ccc2[N+](=O)[O-])c1. The van der Waals surface area contributed by atoms with Gasteiger partial charge in [-0.25, -0.2) is 0 Å². The van der Waals surface area contributed by atoms with Crippen LogP contribution in [0.4, 0.5) is 5.69 Å². The number of nitrogens with zero attached hydrogens (tertiary/aromatic N) is 1. The number of hydrogen-bond acceptors (Lipinski definition) is 4. The van der Waals surface area contributed by atoms with Gasteiger partial charge in [-0.1, -0.05) is 15.9 Å². The maximum atomic E-state index is 10.9. The number of benzene rings is 2. The molecule has 0 aliphatic rings. The van der Waals surface area contributed by atoms with E-state index in [-0.39, 0.29) is 17.2 Å². The van der Waals surface area contributed by atoms with Crippen molar-refractivity contribution in [2.45, 2.75) is 6.92 Å². The molecule has 0 atom stereocenters. The number of nitro benzene ring substituents is 1. The first-order valence-corrected chi connectivity index (χ1v) is 6.17. The Morgan fingerprint density at radius 3 is 2.63 bits per heavy atom. The fourth-order valence-corrected chi connectivity index (χ4v) is 1.97. The number of aryl methyl sites for hydroxylation is 1. The summed E-state index contributed by atoms with van der Waals surface area (Å²) in [6.07, 6.45) is 0. The molecule has 0 saturated carbocycles. The molecule has 5 nitrogen and oxygen atoms in total. The summed E-state index contributed by atoms with van der Waals surface area (Å²) in [4.78, 5) is 10.4. The van der Waals surface area contributed by atoms with Crippen LogP contribution in [0.1, 0.15) is 5.56 Å². The predicted octanol–water partition coefficient (Wildman–Crippen LogP) is 4.16. The van der Waals surface area contributed by atoms with E-state index in [1.54, 1.807) is 25.1 Å². The van der Waals surface area contributed by atoms with E-state index in [9.17, 15) is 15.2 Å². The van der Waals surface area contributed by atoms with Crippen LogP contribution in [0.3, 0.4) is 0 Å². The van der Waals surface area contributed by atoms with Crippen LogP contribution >= 0.6 is 15.9 Å². The summed E-state index contributed by atoms with van der Waals surface area (Å²) in [5.41, 5.74) is 0.664. The number of rotatable bonds is 3. The minimum atomic E-state index is -0.516. The Bertz CT molecular complexity index is 622. The molecule has 0 heterocycles. The molecule has 0 radical (unpaired) electrons. The molecule has 0 bridgehead atoms. The van der Waals surface area contributed by atoms with Crippen molar-refractivity contribution in [3.05, 3.63) is 56.5 Å². The Hall–Kier alpha value is -2.08. The van der Waals surface area contributed by atoms with Gasteiger partial charge in [0.15, 0.2) is 0 Å². The Kier molecular flexibility index (Phi) is 3.71. The third-order valence-electron chi connectivity index (χ3n) is 2.38. The summed E-state index contributed by atoms with van der Waals surface area (Å²) >= 11 is 3.24. The first-order valence-electron chi connectivity index (χ1n) is 5.38. The second-order valence-electron chi connectivity index (χ2n) is 3.98. The van der Waals surface area contributed by atoms with Gasteiger partial charge in [-0.15, -0.1) is 0 Å². The summed E-state index contributed by atoms with van der Waals surface area (Å²) in [6.45, 7) is 1.79. The molecule has 6 heteroatoms. The van der Waals surface area contributed by atoms with Crippen molar-refractivity contribution in [2.24, 2.45) is 0 Å². The standard InChI is InChI=1S/C13H10BrNO4/c1-8-4-10(16)7-11(5-8)19-13-6-9(14)2-3-12(13)15(17)18/h2-7,16H,1H3. The van der Waals surface area contributed by atoms with Crippen molar-refractivity contribution in [3.63, 3.8) is 0 Å². The second kappa shape index (κ2) is 5.27. The molecule has 2 rings (SSSR count). The van der Waals surface area contributed by atoms with Gasteiger partial charge in [-0.3, -0.25) is 10.1 Å². The minimum Gasteiger partial charge on any atom is -0.508 e. The van der Waals surface area contributed by atoms with Gasteiger partial charge in [0.05, 0.1) is 4.92 Å². The molecule has 0 spiro atoms. The van der Waals surface area contributed by atoms with E-state index in [2.05, 4.69) is 15.9 Å². The lowest BCUT2D eigenvalue weighted by Crippen LogP contribution is -1.93. The predicted molar refractivity (Wildman–Crippen MR) is 73.7 cm³/mol. The van der Waals surface area contributed by atoms with Crippen LogP contribution in [-0.4, -0.2) is 10.0 Å². The van der Waals surface area contributed by atoms with E-state index in [0.717, 1.165) is 5.56 Å². The molecule has 2 aromatic carbocycles. The maximum Gasteiger partial charge on any atom is 0.311 e. The fraction of sp³-hybridized carbons (Fsp3) is 0.0769. The van der Waals surface area contributed by atoms with E-state index >= 15 is 0 Å². The quantitative estimate of drug-likeness (QED) is 0.679. The van der Waals surface area contributed by atoms with Gasteiger partial charge < -0.3 is 9.84 Å². The van der Waals surface area contributed by atoms with E-state index in [1.807, 2.05) is 0 Å². The third kappa shape index (κ3) is 3.23. The highest BCUT2D eigenvalue weighted by Crippen LogP contribution is 2.35. The van der Waals surface area contributed by atoms with Crippen LogP contribution in [0.5, 0.6) is 17.2 Å². The Morgan fingerprint density at radius 1 is 1.26 bits per heavy atom. The number of nitro groups is 1. The van der Waals surface area contributed by atoms with Crippen LogP contribution in [0, 0.1) is 17.0 Å². The largest absolute Gasteiger partial charge is 0.508 e. The maximum absolute atomic E-state index is 10.9. The first kappa shape index (κ1) is 13.4. The molecular formula is C13H10BrNO4. The summed E-state index contributed by atoms with van der Waals surface area (Å²) < 4.78 is 6.15. The molecule has 0 fully saturated rings. The molecular weight excluding hydrogens is 314 g/mol. The number of hydrogen-bond donors (Lipinski definition) is 1. The van der Waals surface area contributed by atoms with Crippen LogP contribution in [0.15, 0.2) is 40.9 Å². The van der Waals surface area contributed by atoms with Crippen LogP contribution in [0.25, 0.3) is 0 Å². The number of aromatic hydroxyl groups is 1. The van der Waals surface area contributed by atoms with E-state index in [1.165, 1.54) is 18.2 Å². The number of phenols is 1. The van der Waals surface area contributed by atoms with Gasteiger partial charge in [-0.2, -0.15) is 0 Å². The normalized spacial score (nSPS) is 10.2. The summed E-state index contributed by atoms with van der Waals surface area (Å²) in [7, 11) is 0. The number of ether oxygens (including phenoxy) is 1. The molecule has 0 aliphatic carbocycles. The highest BCUT2D eigenvalue weighted by molar-refractivity contribution is 9.10. The zero-order chi connectivity index (χ0) is 14.0. The highest BCUT2D eigenvalue weighted by Gasteiger charge is 2.16. The van der Waals surface area contributed by atoms with Crippen LogP contribution in [-0.2, 0) is 0 Å². The summed E-state index contributed by atoms with van der Waals surface area (Å²) in [5, 5.41) is 20.4. The molecule has 0 saturated heterocycles. The van der Waals surface area contributed by atoms with Crippen molar-refractivity contribution < 1.29 is 14.8 Å². The summed E-state index contributed by atoms with van der Waals surface area (Å²) in [6, 6.07) is 9.09. The zero-order valence-corrected chi connectivity index (χ0v) is 11.5. The second-order valence-corrected chi connectivity index (χ2v) is 4.89. The Balaban J connectivity index is 2.42. The lowest BCUT2D eigenvalue weighted by molar-refractivity contribution is -0.385. The smallest absolute Gasteiger partial charge is 0.311 e. The van der Waals surface area contributed by atoms with Gasteiger partial charge in [0.1, 0.15) is 11.5 Å². The van der Waals surface area contributed by atoms with Crippen molar-refractivity contribution in [2.75, 3.05) is 0 Å². The molecule has 0 amide bonds. The van der Waals surface area contributed by atoms with Crippen LogP contribution in [0.2, 0.25) is 0 Å². The average molecular weight is 324 g/mol. The molecule has 0 unspecified atom stereocenters. The van der Waals surface area contributed by atoms with Crippen molar-refractivity contribution >= 4 is 21.6 Å².